The number of fused-ring (bicyclic) bond motifs is 1. The molecular weight excluding hydrogens is 312 g/mol. The summed E-state index contributed by atoms with van der Waals surface area (Å²) in [6.07, 6.45) is 1.96. The average molecular weight is 332 g/mol. The van der Waals surface area contributed by atoms with Crippen LogP contribution in [0.15, 0.2) is 42.5 Å². The lowest BCUT2D eigenvalue weighted by molar-refractivity contribution is -0.118. The fourth-order valence-electron chi connectivity index (χ4n) is 3.08. The molecule has 0 unspecified atom stereocenters. The van der Waals surface area contributed by atoms with Crippen molar-refractivity contribution in [2.24, 2.45) is 0 Å². The lowest BCUT2D eigenvalue weighted by Crippen LogP contribution is -2.44. The Kier molecular flexibility index (Phi) is 4.69. The number of rotatable bonds is 4. The Labute approximate surface area is 138 Å². The Morgan fingerprint density at radius 1 is 1.23 bits per heavy atom. The number of ketones is 1. The highest BCUT2D eigenvalue weighted by atomic mass is 32.2. The van der Waals surface area contributed by atoms with Gasteiger partial charge < -0.3 is 0 Å². The lowest BCUT2D eigenvalue weighted by atomic mass is 9.99. The number of Topliss-reactive ketones (excluding diaryl/α,β-unsaturated/α-hetero) is 1. The van der Waals surface area contributed by atoms with Crippen LogP contribution in [-0.4, -0.2) is 25.6 Å². The second-order valence-electron chi connectivity index (χ2n) is 5.60. The predicted octanol–water partition coefficient (Wildman–Crippen LogP) is 3.94. The van der Waals surface area contributed by atoms with Crippen LogP contribution < -0.4 is 0 Å². The molecule has 0 aromatic heterocycles. The molecule has 1 fully saturated rings. The summed E-state index contributed by atoms with van der Waals surface area (Å²) in [5, 5.41) is 2.27. The van der Waals surface area contributed by atoms with E-state index in [1.54, 1.807) is 11.8 Å². The van der Waals surface area contributed by atoms with E-state index in [-0.39, 0.29) is 5.78 Å². The van der Waals surface area contributed by atoms with Gasteiger partial charge in [-0.25, -0.2) is 0 Å². The van der Waals surface area contributed by atoms with E-state index < -0.39 is 14.9 Å². The Balaban J connectivity index is 1.94. The number of thioether (sulfide) groups is 1. The minimum absolute atomic E-state index is 0.120. The van der Waals surface area contributed by atoms with Crippen molar-refractivity contribution in [2.45, 2.75) is 30.3 Å². The molecule has 1 aliphatic heterocycles. The first-order chi connectivity index (χ1) is 10.7. The first kappa shape index (κ1) is 15.8. The topological polar surface area (TPSA) is 34.1 Å². The Morgan fingerprint density at radius 3 is 2.77 bits per heavy atom. The van der Waals surface area contributed by atoms with Crippen LogP contribution in [0.4, 0.5) is 0 Å². The van der Waals surface area contributed by atoms with Crippen molar-refractivity contribution < 1.29 is 9.00 Å². The van der Waals surface area contributed by atoms with Crippen LogP contribution in [0, 0.1) is 0 Å². The lowest BCUT2D eigenvalue weighted by Gasteiger charge is -2.33. The van der Waals surface area contributed by atoms with E-state index in [9.17, 15) is 9.00 Å². The van der Waals surface area contributed by atoms with E-state index in [4.69, 9.17) is 0 Å². The molecule has 4 heteroatoms. The van der Waals surface area contributed by atoms with Gasteiger partial charge in [0.2, 0.25) is 0 Å². The van der Waals surface area contributed by atoms with Crippen molar-refractivity contribution in [3.63, 3.8) is 0 Å². The van der Waals surface area contributed by atoms with Gasteiger partial charge in [0.15, 0.2) is 5.78 Å². The third kappa shape index (κ3) is 2.74. The summed E-state index contributed by atoms with van der Waals surface area (Å²) in [4.78, 5) is 13.0. The maximum Gasteiger partial charge on any atom is 0.165 e. The molecule has 0 aliphatic carbocycles. The zero-order valence-electron chi connectivity index (χ0n) is 12.7. The molecular formula is C18H20O2S2. The molecule has 1 heterocycles. The average Bonchev–Trinajstić information content (AvgIpc) is 2.56. The highest BCUT2D eigenvalue weighted by Crippen LogP contribution is 2.39. The van der Waals surface area contributed by atoms with Gasteiger partial charge in [-0.15, -0.1) is 11.8 Å². The second kappa shape index (κ2) is 6.55. The maximum absolute atomic E-state index is 13.0. The van der Waals surface area contributed by atoms with E-state index >= 15 is 0 Å². The molecule has 0 radical (unpaired) electrons. The van der Waals surface area contributed by atoms with Gasteiger partial charge in [0.05, 0.1) is 0 Å². The summed E-state index contributed by atoms with van der Waals surface area (Å²) in [6, 6.07) is 14.2. The van der Waals surface area contributed by atoms with E-state index in [0.29, 0.717) is 18.6 Å². The van der Waals surface area contributed by atoms with Gasteiger partial charge in [0.25, 0.3) is 0 Å². The largest absolute Gasteiger partial charge is 0.297 e. The Bertz CT molecular complexity index is 721. The highest BCUT2D eigenvalue weighted by Gasteiger charge is 2.44. The number of hydrogen-bond donors (Lipinski definition) is 0. The van der Waals surface area contributed by atoms with E-state index in [1.165, 1.54) is 0 Å². The molecule has 0 bridgehead atoms. The zero-order valence-corrected chi connectivity index (χ0v) is 14.3. The Hall–Kier alpha value is -1.13. The van der Waals surface area contributed by atoms with Gasteiger partial charge in [-0.05, 0) is 34.9 Å². The van der Waals surface area contributed by atoms with Crippen LogP contribution in [0.5, 0.6) is 0 Å². The molecule has 1 aliphatic rings. The summed E-state index contributed by atoms with van der Waals surface area (Å²) < 4.78 is 11.8. The number of carbonyl (C=O) groups excluding carboxylic acids is 1. The van der Waals surface area contributed by atoms with Crippen LogP contribution in [0.1, 0.15) is 25.3 Å². The molecule has 0 amide bonds. The fraction of sp³-hybridized carbons (Fsp3) is 0.389. The van der Waals surface area contributed by atoms with Crippen molar-refractivity contribution in [3.05, 3.63) is 48.0 Å². The predicted molar refractivity (Wildman–Crippen MR) is 95.8 cm³/mol. The standard InChI is InChI=1S/C18H20O2S2/c1-2-18(21-11-6-12-22(18)20)17(19)13-15-9-5-8-14-7-3-4-10-16(14)15/h3-5,7-10H,2,6,11-13H2,1H3/t18-,22+/m1/s1. The number of hydrogen-bond acceptors (Lipinski definition) is 3. The van der Waals surface area contributed by atoms with Gasteiger partial charge in [0.1, 0.15) is 4.08 Å². The summed E-state index contributed by atoms with van der Waals surface area (Å²) in [7, 11) is -1.06. The van der Waals surface area contributed by atoms with Gasteiger partial charge in [-0.3, -0.25) is 9.00 Å². The molecule has 3 rings (SSSR count). The van der Waals surface area contributed by atoms with Gasteiger partial charge >= 0.3 is 0 Å². The summed E-state index contributed by atoms with van der Waals surface area (Å²) in [5.74, 6) is 1.71. The number of benzene rings is 2. The van der Waals surface area contributed by atoms with Crippen molar-refractivity contribution in [1.29, 1.82) is 0 Å². The first-order valence-corrected chi connectivity index (χ1v) is 10.0. The molecule has 2 aromatic carbocycles. The molecule has 1 saturated heterocycles. The van der Waals surface area contributed by atoms with E-state index in [0.717, 1.165) is 28.5 Å². The summed E-state index contributed by atoms with van der Waals surface area (Å²) >= 11 is 1.60. The Morgan fingerprint density at radius 2 is 2.00 bits per heavy atom. The van der Waals surface area contributed by atoms with Crippen LogP contribution in [0.3, 0.4) is 0 Å². The minimum atomic E-state index is -1.06. The maximum atomic E-state index is 13.0. The molecule has 2 nitrogen and oxygen atoms in total. The van der Waals surface area contributed by atoms with E-state index in [1.807, 2.05) is 31.2 Å². The monoisotopic (exact) mass is 332 g/mol. The zero-order chi connectivity index (χ0) is 15.6. The smallest absolute Gasteiger partial charge is 0.165 e. The van der Waals surface area contributed by atoms with Crippen molar-refractivity contribution in [3.8, 4) is 0 Å². The van der Waals surface area contributed by atoms with Gasteiger partial charge in [-0.2, -0.15) is 0 Å². The van der Waals surface area contributed by atoms with Gasteiger partial charge in [-0.1, -0.05) is 49.4 Å². The molecule has 0 spiro atoms. The molecule has 0 N–H and O–H groups in total. The molecule has 116 valence electrons. The third-order valence-corrected chi connectivity index (χ3v) is 8.60. The summed E-state index contributed by atoms with van der Waals surface area (Å²) in [5.41, 5.74) is 1.04. The van der Waals surface area contributed by atoms with Crippen LogP contribution in [0.2, 0.25) is 0 Å². The molecule has 22 heavy (non-hydrogen) atoms. The van der Waals surface area contributed by atoms with Crippen molar-refractivity contribution >= 4 is 39.1 Å². The van der Waals surface area contributed by atoms with Crippen LogP contribution in [0.25, 0.3) is 10.8 Å². The van der Waals surface area contributed by atoms with Crippen LogP contribution >= 0.6 is 11.8 Å². The molecule has 2 aromatic rings. The second-order valence-corrected chi connectivity index (χ2v) is 9.04. The van der Waals surface area contributed by atoms with Gasteiger partial charge in [0, 0.05) is 23.0 Å². The van der Waals surface area contributed by atoms with Crippen molar-refractivity contribution in [2.75, 3.05) is 11.5 Å². The quantitative estimate of drug-likeness (QED) is 0.850. The van der Waals surface area contributed by atoms with Crippen LogP contribution in [-0.2, 0) is 22.0 Å². The number of carbonyl (C=O) groups is 1. The van der Waals surface area contributed by atoms with E-state index in [2.05, 4.69) is 18.2 Å². The molecule has 0 saturated carbocycles. The highest BCUT2D eigenvalue weighted by molar-refractivity contribution is 8.14. The minimum Gasteiger partial charge on any atom is -0.297 e. The molecule has 2 atom stereocenters. The third-order valence-electron chi connectivity index (χ3n) is 4.30. The summed E-state index contributed by atoms with van der Waals surface area (Å²) in [6.45, 7) is 1.98. The first-order valence-electron chi connectivity index (χ1n) is 7.70. The fourth-order valence-corrected chi connectivity index (χ4v) is 6.73. The SMILES string of the molecule is CC[C@@]1(C(=O)Cc2cccc3ccccc23)SCCC[S@@]1=O. The van der Waals surface area contributed by atoms with Crippen molar-refractivity contribution in [1.82, 2.24) is 0 Å². The normalized spacial score (nSPS) is 25.2.